The maximum atomic E-state index is 12.3. The minimum Gasteiger partial charge on any atom is -0.353 e. The fourth-order valence-corrected chi connectivity index (χ4v) is 3.98. The Hall–Kier alpha value is -0.570. The van der Waals surface area contributed by atoms with Crippen LogP contribution in [-0.2, 0) is 4.79 Å². The Morgan fingerprint density at radius 3 is 2.15 bits per heavy atom. The fourth-order valence-electron chi connectivity index (χ4n) is 3.98. The van der Waals surface area contributed by atoms with Gasteiger partial charge in [-0.2, -0.15) is 0 Å². The second kappa shape index (κ2) is 8.02. The summed E-state index contributed by atoms with van der Waals surface area (Å²) in [4.78, 5) is 12.3. The van der Waals surface area contributed by atoms with Crippen LogP contribution in [0, 0.1) is 17.8 Å². The predicted molar refractivity (Wildman–Crippen MR) is 83.3 cm³/mol. The second-order valence-electron chi connectivity index (χ2n) is 6.97. The van der Waals surface area contributed by atoms with E-state index in [2.05, 4.69) is 12.2 Å². The number of carbonyl (C=O) groups is 1. The molecule has 0 radical (unpaired) electrons. The fraction of sp³-hybridized carbons (Fsp3) is 0.941. The Morgan fingerprint density at radius 1 is 1.00 bits per heavy atom. The first kappa shape index (κ1) is 15.8. The van der Waals surface area contributed by atoms with Crippen LogP contribution < -0.4 is 11.1 Å². The Balaban J connectivity index is 1.68. The SMILES string of the molecule is CCCC1CCC(NC(=O)C2CCC(CN)CC2)CC1. The monoisotopic (exact) mass is 280 g/mol. The summed E-state index contributed by atoms with van der Waals surface area (Å²) in [7, 11) is 0. The number of nitrogens with two attached hydrogens (primary N) is 1. The molecule has 0 aromatic heterocycles. The minimum atomic E-state index is 0.256. The lowest BCUT2D eigenvalue weighted by atomic mass is 9.80. The van der Waals surface area contributed by atoms with Crippen molar-refractivity contribution in [2.45, 2.75) is 77.2 Å². The van der Waals surface area contributed by atoms with E-state index in [1.807, 2.05) is 0 Å². The smallest absolute Gasteiger partial charge is 0.223 e. The molecule has 0 heterocycles. The lowest BCUT2D eigenvalue weighted by Crippen LogP contribution is -2.42. The number of hydrogen-bond acceptors (Lipinski definition) is 2. The molecule has 0 atom stereocenters. The summed E-state index contributed by atoms with van der Waals surface area (Å²) < 4.78 is 0. The summed E-state index contributed by atoms with van der Waals surface area (Å²) in [5, 5.41) is 3.31. The normalized spacial score (nSPS) is 34.7. The van der Waals surface area contributed by atoms with Crippen LogP contribution in [0.1, 0.15) is 71.1 Å². The Morgan fingerprint density at radius 2 is 1.60 bits per heavy atom. The number of nitrogens with one attached hydrogen (secondary N) is 1. The lowest BCUT2D eigenvalue weighted by Gasteiger charge is -2.32. The molecule has 3 N–H and O–H groups in total. The summed E-state index contributed by atoms with van der Waals surface area (Å²) in [5.41, 5.74) is 5.71. The zero-order valence-corrected chi connectivity index (χ0v) is 13.1. The highest BCUT2D eigenvalue weighted by Gasteiger charge is 2.28. The van der Waals surface area contributed by atoms with Gasteiger partial charge in [-0.3, -0.25) is 4.79 Å². The first-order valence-electron chi connectivity index (χ1n) is 8.73. The van der Waals surface area contributed by atoms with E-state index in [1.54, 1.807) is 0 Å². The van der Waals surface area contributed by atoms with E-state index < -0.39 is 0 Å². The van der Waals surface area contributed by atoms with Gasteiger partial charge >= 0.3 is 0 Å². The molecule has 3 nitrogen and oxygen atoms in total. The molecule has 0 aliphatic heterocycles. The van der Waals surface area contributed by atoms with Crippen molar-refractivity contribution in [3.05, 3.63) is 0 Å². The topological polar surface area (TPSA) is 55.1 Å². The van der Waals surface area contributed by atoms with Crippen LogP contribution in [0.5, 0.6) is 0 Å². The molecule has 2 rings (SSSR count). The third kappa shape index (κ3) is 4.47. The van der Waals surface area contributed by atoms with Gasteiger partial charge < -0.3 is 11.1 Å². The molecule has 2 saturated carbocycles. The van der Waals surface area contributed by atoms with E-state index in [0.29, 0.717) is 17.9 Å². The molecular weight excluding hydrogens is 248 g/mol. The molecule has 0 aromatic carbocycles. The maximum Gasteiger partial charge on any atom is 0.223 e. The van der Waals surface area contributed by atoms with E-state index in [1.165, 1.54) is 38.5 Å². The van der Waals surface area contributed by atoms with E-state index in [9.17, 15) is 4.79 Å². The van der Waals surface area contributed by atoms with Crippen molar-refractivity contribution in [1.82, 2.24) is 5.32 Å². The lowest BCUT2D eigenvalue weighted by molar-refractivity contribution is -0.127. The average molecular weight is 280 g/mol. The van der Waals surface area contributed by atoms with Gasteiger partial charge in [-0.1, -0.05) is 19.8 Å². The van der Waals surface area contributed by atoms with Crippen LogP contribution in [0.2, 0.25) is 0 Å². The van der Waals surface area contributed by atoms with Crippen LogP contribution >= 0.6 is 0 Å². The van der Waals surface area contributed by atoms with Gasteiger partial charge in [0.2, 0.25) is 5.91 Å². The van der Waals surface area contributed by atoms with Gasteiger partial charge in [0.25, 0.3) is 0 Å². The van der Waals surface area contributed by atoms with Crippen molar-refractivity contribution in [2.24, 2.45) is 23.5 Å². The molecule has 2 aliphatic rings. The van der Waals surface area contributed by atoms with Gasteiger partial charge in [0.05, 0.1) is 0 Å². The molecule has 0 bridgehead atoms. The van der Waals surface area contributed by atoms with Crippen LogP contribution in [0.3, 0.4) is 0 Å². The summed E-state index contributed by atoms with van der Waals surface area (Å²) >= 11 is 0. The number of rotatable bonds is 5. The zero-order chi connectivity index (χ0) is 14.4. The zero-order valence-electron chi connectivity index (χ0n) is 13.1. The summed E-state index contributed by atoms with van der Waals surface area (Å²) in [6.07, 6.45) is 12.0. The first-order chi connectivity index (χ1) is 9.72. The van der Waals surface area contributed by atoms with Gasteiger partial charge in [-0.25, -0.2) is 0 Å². The molecule has 0 spiro atoms. The Bertz CT molecular complexity index is 289. The number of amides is 1. The van der Waals surface area contributed by atoms with E-state index in [4.69, 9.17) is 5.73 Å². The summed E-state index contributed by atoms with van der Waals surface area (Å²) in [5.74, 6) is 2.14. The highest BCUT2D eigenvalue weighted by molar-refractivity contribution is 5.79. The van der Waals surface area contributed by atoms with Crippen molar-refractivity contribution in [3.63, 3.8) is 0 Å². The third-order valence-corrected chi connectivity index (χ3v) is 5.44. The van der Waals surface area contributed by atoms with E-state index >= 15 is 0 Å². The van der Waals surface area contributed by atoms with E-state index in [0.717, 1.165) is 38.1 Å². The van der Waals surface area contributed by atoms with Crippen LogP contribution in [0.25, 0.3) is 0 Å². The third-order valence-electron chi connectivity index (χ3n) is 5.44. The second-order valence-corrected chi connectivity index (χ2v) is 6.97. The summed E-state index contributed by atoms with van der Waals surface area (Å²) in [6.45, 7) is 3.06. The minimum absolute atomic E-state index is 0.256. The molecular formula is C17H32N2O. The molecule has 0 aromatic rings. The molecule has 1 amide bonds. The quantitative estimate of drug-likeness (QED) is 0.812. The number of hydrogen-bond donors (Lipinski definition) is 2. The average Bonchev–Trinajstić information content (AvgIpc) is 2.49. The standard InChI is InChI=1S/C17H32N2O/c1-2-3-13-6-10-16(11-7-13)19-17(20)15-8-4-14(12-18)5-9-15/h13-16H,2-12,18H2,1H3,(H,19,20). The van der Waals surface area contributed by atoms with Crippen molar-refractivity contribution in [1.29, 1.82) is 0 Å². The molecule has 2 aliphatic carbocycles. The number of carbonyl (C=O) groups excluding carboxylic acids is 1. The molecule has 0 unspecified atom stereocenters. The molecule has 116 valence electrons. The molecule has 0 saturated heterocycles. The molecule has 2 fully saturated rings. The first-order valence-corrected chi connectivity index (χ1v) is 8.73. The Labute approximate surface area is 124 Å². The van der Waals surface area contributed by atoms with Crippen LogP contribution in [0.4, 0.5) is 0 Å². The van der Waals surface area contributed by atoms with Gasteiger partial charge in [0.15, 0.2) is 0 Å². The Kier molecular flexibility index (Phi) is 6.34. The largest absolute Gasteiger partial charge is 0.353 e. The molecule has 20 heavy (non-hydrogen) atoms. The van der Waals surface area contributed by atoms with Crippen LogP contribution in [0.15, 0.2) is 0 Å². The van der Waals surface area contributed by atoms with Gasteiger partial charge in [-0.15, -0.1) is 0 Å². The van der Waals surface area contributed by atoms with E-state index in [-0.39, 0.29) is 5.92 Å². The highest BCUT2D eigenvalue weighted by Crippen LogP contribution is 2.30. The maximum absolute atomic E-state index is 12.3. The van der Waals surface area contributed by atoms with Crippen molar-refractivity contribution in [2.75, 3.05) is 6.54 Å². The van der Waals surface area contributed by atoms with Gasteiger partial charge in [0, 0.05) is 12.0 Å². The van der Waals surface area contributed by atoms with Gasteiger partial charge in [0.1, 0.15) is 0 Å². The van der Waals surface area contributed by atoms with Crippen LogP contribution in [-0.4, -0.2) is 18.5 Å². The van der Waals surface area contributed by atoms with Crippen molar-refractivity contribution < 1.29 is 4.79 Å². The molecule has 3 heteroatoms. The van der Waals surface area contributed by atoms with Gasteiger partial charge in [-0.05, 0) is 69.7 Å². The van der Waals surface area contributed by atoms with Crippen molar-refractivity contribution in [3.8, 4) is 0 Å². The predicted octanol–water partition coefficient (Wildman–Crippen LogP) is 3.23. The highest BCUT2D eigenvalue weighted by atomic mass is 16.1. The van der Waals surface area contributed by atoms with Crippen molar-refractivity contribution >= 4 is 5.91 Å². The summed E-state index contributed by atoms with van der Waals surface area (Å²) in [6, 6.07) is 0.447.